The van der Waals surface area contributed by atoms with Crippen LogP contribution in [0.5, 0.6) is 0 Å². The van der Waals surface area contributed by atoms with Gasteiger partial charge < -0.3 is 20.9 Å². The number of piperidine rings is 1. The number of nitrogens with one attached hydrogen (secondary N) is 1. The van der Waals surface area contributed by atoms with E-state index in [-0.39, 0.29) is 41.6 Å². The standard InChI is InChI=1S/C21H34FN5O.HI/c1-3-24-21(26(2)16-17-6-8-19(22)9-7-17)25-12-4-5-13-27-14-10-18(11-15-27)20(23)28;/h6-9,18H,3-5,10-16H2,1-2H3,(H2,23,28)(H,24,25);1H. The van der Waals surface area contributed by atoms with E-state index in [0.717, 1.165) is 69.9 Å². The van der Waals surface area contributed by atoms with E-state index in [1.165, 1.54) is 12.1 Å². The van der Waals surface area contributed by atoms with Crippen LogP contribution in [0.25, 0.3) is 0 Å². The molecule has 0 spiro atoms. The Morgan fingerprint density at radius 1 is 1.28 bits per heavy atom. The highest BCUT2D eigenvalue weighted by Gasteiger charge is 2.22. The molecular weight excluding hydrogens is 484 g/mol. The van der Waals surface area contributed by atoms with Crippen molar-refractivity contribution in [2.24, 2.45) is 16.6 Å². The number of carbonyl (C=O) groups excluding carboxylic acids is 1. The first-order chi connectivity index (χ1) is 13.5. The monoisotopic (exact) mass is 519 g/mol. The predicted octanol–water partition coefficient (Wildman–Crippen LogP) is 2.82. The van der Waals surface area contributed by atoms with E-state index >= 15 is 0 Å². The zero-order valence-electron chi connectivity index (χ0n) is 17.6. The Bertz CT molecular complexity index is 632. The van der Waals surface area contributed by atoms with E-state index in [1.54, 1.807) is 12.1 Å². The molecule has 0 aromatic heterocycles. The number of halogens is 2. The van der Waals surface area contributed by atoms with E-state index < -0.39 is 0 Å². The fourth-order valence-corrected chi connectivity index (χ4v) is 3.48. The summed E-state index contributed by atoms with van der Waals surface area (Å²) in [6.45, 7) is 7.27. The number of benzene rings is 1. The molecule has 0 bridgehead atoms. The SMILES string of the molecule is CCNC(=NCCCCN1CCC(C(N)=O)CC1)N(C)Cc1ccc(F)cc1.I. The Morgan fingerprint density at radius 2 is 1.93 bits per heavy atom. The molecule has 164 valence electrons. The second-order valence-electron chi connectivity index (χ2n) is 7.44. The Morgan fingerprint density at radius 3 is 2.52 bits per heavy atom. The maximum atomic E-state index is 13.1. The number of aliphatic imine (C=N–C) groups is 1. The maximum Gasteiger partial charge on any atom is 0.220 e. The van der Waals surface area contributed by atoms with Crippen LogP contribution in [0, 0.1) is 11.7 Å². The average molecular weight is 519 g/mol. The van der Waals surface area contributed by atoms with E-state index in [9.17, 15) is 9.18 Å². The van der Waals surface area contributed by atoms with Crippen LogP contribution in [0.2, 0.25) is 0 Å². The van der Waals surface area contributed by atoms with Crippen LogP contribution < -0.4 is 11.1 Å². The van der Waals surface area contributed by atoms with Crippen molar-refractivity contribution in [3.8, 4) is 0 Å². The molecule has 1 amide bonds. The first-order valence-corrected chi connectivity index (χ1v) is 10.2. The Balaban J connectivity index is 0.00000420. The van der Waals surface area contributed by atoms with Crippen molar-refractivity contribution < 1.29 is 9.18 Å². The van der Waals surface area contributed by atoms with Gasteiger partial charge in [0.15, 0.2) is 5.96 Å². The molecule has 0 saturated carbocycles. The molecular formula is C21H35FIN5O. The van der Waals surface area contributed by atoms with Crippen molar-refractivity contribution in [3.63, 3.8) is 0 Å². The second kappa shape index (κ2) is 13.7. The fourth-order valence-electron chi connectivity index (χ4n) is 3.48. The largest absolute Gasteiger partial charge is 0.369 e. The molecule has 0 radical (unpaired) electrons. The van der Waals surface area contributed by atoms with Gasteiger partial charge in [0.1, 0.15) is 5.82 Å². The van der Waals surface area contributed by atoms with Gasteiger partial charge in [-0.15, -0.1) is 24.0 Å². The number of amides is 1. The summed E-state index contributed by atoms with van der Waals surface area (Å²) in [7, 11) is 1.99. The van der Waals surface area contributed by atoms with Crippen LogP contribution >= 0.6 is 24.0 Å². The molecule has 1 aromatic carbocycles. The van der Waals surface area contributed by atoms with Crippen LogP contribution in [-0.2, 0) is 11.3 Å². The van der Waals surface area contributed by atoms with Gasteiger partial charge >= 0.3 is 0 Å². The number of carbonyl (C=O) groups is 1. The minimum Gasteiger partial charge on any atom is -0.369 e. The summed E-state index contributed by atoms with van der Waals surface area (Å²) in [5.41, 5.74) is 6.44. The molecule has 6 nitrogen and oxygen atoms in total. The van der Waals surface area contributed by atoms with Crippen LogP contribution in [0.1, 0.15) is 38.2 Å². The first kappa shape index (κ1) is 25.6. The lowest BCUT2D eigenvalue weighted by molar-refractivity contribution is -0.123. The van der Waals surface area contributed by atoms with Gasteiger partial charge in [0.2, 0.25) is 5.91 Å². The van der Waals surface area contributed by atoms with Gasteiger partial charge in [-0.1, -0.05) is 12.1 Å². The number of unbranched alkanes of at least 4 members (excludes halogenated alkanes) is 1. The number of guanidine groups is 1. The Kier molecular flexibility index (Phi) is 12.1. The molecule has 1 aliphatic heterocycles. The molecule has 8 heteroatoms. The van der Waals surface area contributed by atoms with Gasteiger partial charge in [0, 0.05) is 32.6 Å². The summed E-state index contributed by atoms with van der Waals surface area (Å²) in [6.07, 6.45) is 3.87. The van der Waals surface area contributed by atoms with Crippen molar-refractivity contribution in [2.75, 3.05) is 39.8 Å². The van der Waals surface area contributed by atoms with E-state index in [1.807, 2.05) is 7.05 Å². The van der Waals surface area contributed by atoms with Crippen LogP contribution in [0.4, 0.5) is 4.39 Å². The zero-order chi connectivity index (χ0) is 20.4. The van der Waals surface area contributed by atoms with E-state index in [0.29, 0.717) is 6.54 Å². The third-order valence-electron chi connectivity index (χ3n) is 5.16. The average Bonchev–Trinajstić information content (AvgIpc) is 2.69. The van der Waals surface area contributed by atoms with Crippen molar-refractivity contribution in [3.05, 3.63) is 35.6 Å². The van der Waals surface area contributed by atoms with Crippen molar-refractivity contribution in [1.29, 1.82) is 0 Å². The fraction of sp³-hybridized carbons (Fsp3) is 0.619. The molecule has 0 unspecified atom stereocenters. The molecule has 1 heterocycles. The minimum atomic E-state index is -0.217. The van der Waals surface area contributed by atoms with Crippen LogP contribution in [0.15, 0.2) is 29.3 Å². The van der Waals surface area contributed by atoms with Crippen molar-refractivity contribution >= 4 is 35.8 Å². The molecule has 29 heavy (non-hydrogen) atoms. The topological polar surface area (TPSA) is 74.0 Å². The predicted molar refractivity (Wildman–Crippen MR) is 127 cm³/mol. The highest BCUT2D eigenvalue weighted by atomic mass is 127. The third-order valence-corrected chi connectivity index (χ3v) is 5.16. The lowest BCUT2D eigenvalue weighted by atomic mass is 9.96. The smallest absolute Gasteiger partial charge is 0.220 e. The van der Waals surface area contributed by atoms with Crippen molar-refractivity contribution in [2.45, 2.75) is 39.2 Å². The summed E-state index contributed by atoms with van der Waals surface area (Å²) >= 11 is 0. The number of nitrogens with two attached hydrogens (primary N) is 1. The van der Waals surface area contributed by atoms with Gasteiger partial charge in [-0.2, -0.15) is 0 Å². The highest BCUT2D eigenvalue weighted by molar-refractivity contribution is 14.0. The third kappa shape index (κ3) is 9.29. The molecule has 1 aliphatic rings. The van der Waals surface area contributed by atoms with Crippen LogP contribution in [0.3, 0.4) is 0 Å². The number of rotatable bonds is 9. The Hall–Kier alpha value is -1.42. The zero-order valence-corrected chi connectivity index (χ0v) is 19.9. The van der Waals surface area contributed by atoms with E-state index in [4.69, 9.17) is 10.7 Å². The lowest BCUT2D eigenvalue weighted by Crippen LogP contribution is -2.39. The summed E-state index contributed by atoms with van der Waals surface area (Å²) in [6, 6.07) is 6.58. The van der Waals surface area contributed by atoms with Crippen molar-refractivity contribution in [1.82, 2.24) is 15.1 Å². The normalized spacial score (nSPS) is 15.6. The van der Waals surface area contributed by atoms with E-state index in [2.05, 4.69) is 22.0 Å². The van der Waals surface area contributed by atoms with Gasteiger partial charge in [-0.3, -0.25) is 9.79 Å². The number of primary amides is 1. The molecule has 1 fully saturated rings. The number of nitrogens with zero attached hydrogens (tertiary/aromatic N) is 3. The second-order valence-corrected chi connectivity index (χ2v) is 7.44. The van der Waals surface area contributed by atoms with Gasteiger partial charge in [-0.25, -0.2) is 4.39 Å². The summed E-state index contributed by atoms with van der Waals surface area (Å²) < 4.78 is 13.1. The number of hydrogen-bond acceptors (Lipinski definition) is 3. The maximum absolute atomic E-state index is 13.1. The highest BCUT2D eigenvalue weighted by Crippen LogP contribution is 2.16. The summed E-state index contributed by atoms with van der Waals surface area (Å²) in [4.78, 5) is 20.4. The van der Waals surface area contributed by atoms with Gasteiger partial charge in [-0.05, 0) is 69.9 Å². The van der Waals surface area contributed by atoms with Gasteiger partial charge in [0.25, 0.3) is 0 Å². The summed E-state index contributed by atoms with van der Waals surface area (Å²) in [5.74, 6) is 0.551. The van der Waals surface area contributed by atoms with Gasteiger partial charge in [0.05, 0.1) is 0 Å². The Labute approximate surface area is 191 Å². The lowest BCUT2D eigenvalue weighted by Gasteiger charge is -2.30. The van der Waals surface area contributed by atoms with Crippen LogP contribution in [-0.4, -0.2) is 61.4 Å². The molecule has 1 aromatic rings. The molecule has 3 N–H and O–H groups in total. The number of likely N-dealkylation sites (tertiary alicyclic amines) is 1. The molecule has 0 aliphatic carbocycles. The quantitative estimate of drug-likeness (QED) is 0.228. The first-order valence-electron chi connectivity index (χ1n) is 10.2. The molecule has 2 rings (SSSR count). The number of hydrogen-bond donors (Lipinski definition) is 2. The molecule has 0 atom stereocenters. The summed E-state index contributed by atoms with van der Waals surface area (Å²) in [5, 5.41) is 3.32. The molecule has 1 saturated heterocycles. The minimum absolute atomic E-state index is 0.